The van der Waals surface area contributed by atoms with Crippen molar-refractivity contribution in [3.05, 3.63) is 259 Å². The minimum absolute atomic E-state index is 0. The van der Waals surface area contributed by atoms with Crippen LogP contribution in [0.1, 0.15) is 22.3 Å². The average Bonchev–Trinajstić information content (AvgIpc) is 3.38. The number of nitrogens with zero attached hydrogens (tertiary/aromatic N) is 3. The third kappa shape index (κ3) is 10.6. The van der Waals surface area contributed by atoms with Crippen LogP contribution in [0.3, 0.4) is 0 Å². The fourth-order valence-corrected chi connectivity index (χ4v) is 8.49. The number of aryl methyl sites for hydroxylation is 4. The van der Waals surface area contributed by atoms with Gasteiger partial charge in [0.25, 0.3) is 0 Å². The van der Waals surface area contributed by atoms with Gasteiger partial charge in [-0.15, -0.1) is 108 Å². The first-order chi connectivity index (χ1) is 32.5. The molecule has 0 N–H and O–H groups in total. The van der Waals surface area contributed by atoms with Gasteiger partial charge in [-0.1, -0.05) is 97.1 Å². The van der Waals surface area contributed by atoms with Crippen LogP contribution < -0.4 is 0 Å². The second-order valence-corrected chi connectivity index (χ2v) is 16.4. The summed E-state index contributed by atoms with van der Waals surface area (Å²) in [6.07, 6.45) is 9.26. The maximum absolute atomic E-state index is 14.3. The molecule has 6 heteroatoms. The minimum Gasteiger partial charge on any atom is -0.304 e. The SMILES string of the molecule is Fc1cc(F)cc(-c2ccc(-c3cc(-c4[c-]cccc4)ncc3-c3ccccc3-c3cc(CCc4ccc(-c5[c-]cccc5)nc4)cc(CCc4ccc(-c5[c-]cccc5)nc4)c3)cc2)c1.[Ir+3]. The molecule has 7 aromatic carbocycles. The molecule has 3 heterocycles. The molecule has 0 atom stereocenters. The van der Waals surface area contributed by atoms with E-state index in [0.29, 0.717) is 5.56 Å². The Morgan fingerprint density at radius 3 is 1.31 bits per heavy atom. The molecule has 0 saturated carbocycles. The van der Waals surface area contributed by atoms with Crippen LogP contribution in [0.15, 0.2) is 207 Å². The zero-order chi connectivity index (χ0) is 44.7. The van der Waals surface area contributed by atoms with Gasteiger partial charge in [0.05, 0.1) is 0 Å². The standard InChI is InChI=1S/C61H42F2N3.Ir/c62-53-35-51(36-54(63)37-53)46-26-28-47(29-27-46)57-38-61(50-16-8-3-9-17-50)66-41-58(57)56-19-11-10-18-55(56)52-33-44(22-20-42-24-30-59(64-39-42)48-12-4-1-5-13-48)32-45(34-52)23-21-43-25-31-60(65-40-43)49-14-6-2-7-15-49;/h1-12,14,16,18-19,24-41H,20-23H2;/q-3;+3. The zero-order valence-electron chi connectivity index (χ0n) is 36.4. The molecule has 3 nitrogen and oxygen atoms in total. The van der Waals surface area contributed by atoms with Crippen molar-refractivity contribution in [1.29, 1.82) is 0 Å². The van der Waals surface area contributed by atoms with E-state index >= 15 is 0 Å². The van der Waals surface area contributed by atoms with E-state index in [1.165, 1.54) is 34.4 Å². The van der Waals surface area contributed by atoms with Crippen molar-refractivity contribution in [3.63, 3.8) is 0 Å². The molecular formula is C61H42F2IrN3. The van der Waals surface area contributed by atoms with Crippen molar-refractivity contribution in [1.82, 2.24) is 15.0 Å². The van der Waals surface area contributed by atoms with Gasteiger partial charge in [0, 0.05) is 30.2 Å². The molecule has 0 aliphatic rings. The molecule has 0 amide bonds. The van der Waals surface area contributed by atoms with E-state index < -0.39 is 11.6 Å². The monoisotopic (exact) mass is 1050 g/mol. The summed E-state index contributed by atoms with van der Waals surface area (Å²) in [7, 11) is 0. The number of halogens is 2. The summed E-state index contributed by atoms with van der Waals surface area (Å²) in [6, 6.07) is 71.1. The normalized spacial score (nSPS) is 11.0. The van der Waals surface area contributed by atoms with E-state index in [1.807, 2.05) is 116 Å². The van der Waals surface area contributed by atoms with Crippen molar-refractivity contribution in [3.8, 4) is 78.3 Å². The van der Waals surface area contributed by atoms with Crippen molar-refractivity contribution in [2.45, 2.75) is 25.7 Å². The van der Waals surface area contributed by atoms with E-state index in [-0.39, 0.29) is 20.1 Å². The van der Waals surface area contributed by atoms with Crippen molar-refractivity contribution < 1.29 is 28.9 Å². The molecule has 0 bridgehead atoms. The number of hydrogen-bond donors (Lipinski definition) is 0. The van der Waals surface area contributed by atoms with Crippen LogP contribution in [0.2, 0.25) is 0 Å². The van der Waals surface area contributed by atoms with Crippen LogP contribution >= 0.6 is 0 Å². The fourth-order valence-electron chi connectivity index (χ4n) is 8.49. The van der Waals surface area contributed by atoms with E-state index in [0.717, 1.165) is 104 Å². The Hall–Kier alpha value is -7.50. The van der Waals surface area contributed by atoms with Crippen LogP contribution in [0, 0.1) is 29.8 Å². The predicted molar refractivity (Wildman–Crippen MR) is 262 cm³/mol. The second kappa shape index (κ2) is 20.8. The number of rotatable bonds is 13. The van der Waals surface area contributed by atoms with Crippen LogP contribution in [-0.4, -0.2) is 15.0 Å². The van der Waals surface area contributed by atoms with Gasteiger partial charge in [0.1, 0.15) is 11.6 Å². The van der Waals surface area contributed by atoms with Gasteiger partial charge in [-0.25, -0.2) is 8.78 Å². The summed E-state index contributed by atoms with van der Waals surface area (Å²) in [4.78, 5) is 14.6. The van der Waals surface area contributed by atoms with Gasteiger partial charge < -0.3 is 15.0 Å². The summed E-state index contributed by atoms with van der Waals surface area (Å²) in [5, 5.41) is 0. The quantitative estimate of drug-likeness (QED) is 0.108. The molecule has 0 aliphatic heterocycles. The Morgan fingerprint density at radius 1 is 0.328 bits per heavy atom. The Morgan fingerprint density at radius 2 is 0.806 bits per heavy atom. The predicted octanol–water partition coefficient (Wildman–Crippen LogP) is 14.8. The summed E-state index contributed by atoms with van der Waals surface area (Å²) in [5.74, 6) is -1.22. The molecule has 67 heavy (non-hydrogen) atoms. The number of aromatic nitrogens is 3. The van der Waals surface area contributed by atoms with E-state index in [2.05, 4.69) is 91.0 Å². The largest absolute Gasteiger partial charge is 3.00 e. The van der Waals surface area contributed by atoms with Gasteiger partial charge >= 0.3 is 20.1 Å². The van der Waals surface area contributed by atoms with E-state index in [9.17, 15) is 8.78 Å². The van der Waals surface area contributed by atoms with Crippen molar-refractivity contribution >= 4 is 0 Å². The Balaban J connectivity index is 0.00000562. The molecule has 10 rings (SSSR count). The average molecular weight is 1050 g/mol. The van der Waals surface area contributed by atoms with Crippen LogP contribution in [-0.2, 0) is 45.8 Å². The topological polar surface area (TPSA) is 38.7 Å². The van der Waals surface area contributed by atoms with Crippen molar-refractivity contribution in [2.24, 2.45) is 0 Å². The zero-order valence-corrected chi connectivity index (χ0v) is 38.8. The van der Waals surface area contributed by atoms with Crippen LogP contribution in [0.5, 0.6) is 0 Å². The summed E-state index contributed by atoms with van der Waals surface area (Å²) < 4.78 is 28.5. The van der Waals surface area contributed by atoms with Gasteiger partial charge in [0.15, 0.2) is 0 Å². The first-order valence-corrected chi connectivity index (χ1v) is 22.1. The first kappa shape index (κ1) is 44.7. The van der Waals surface area contributed by atoms with E-state index in [1.54, 1.807) is 0 Å². The number of hydrogen-bond acceptors (Lipinski definition) is 3. The van der Waals surface area contributed by atoms with Gasteiger partial charge in [0.2, 0.25) is 0 Å². The maximum atomic E-state index is 14.3. The molecule has 0 fully saturated rings. The van der Waals surface area contributed by atoms with E-state index in [4.69, 9.17) is 15.0 Å². The minimum atomic E-state index is -0.611. The first-order valence-electron chi connectivity index (χ1n) is 22.1. The molecule has 0 radical (unpaired) electrons. The third-order valence-corrected chi connectivity index (χ3v) is 11.9. The molecule has 0 saturated heterocycles. The summed E-state index contributed by atoms with van der Waals surface area (Å²) >= 11 is 0. The number of benzene rings is 7. The smallest absolute Gasteiger partial charge is 0.304 e. The van der Waals surface area contributed by atoms with Crippen molar-refractivity contribution in [2.75, 3.05) is 0 Å². The number of pyridine rings is 3. The summed E-state index contributed by atoms with van der Waals surface area (Å²) in [5.41, 5.74) is 17.6. The Labute approximate surface area is 404 Å². The molecule has 324 valence electrons. The van der Waals surface area contributed by atoms with Crippen LogP contribution in [0.25, 0.3) is 78.3 Å². The molecular weight excluding hydrogens is 1000 g/mol. The van der Waals surface area contributed by atoms with Crippen LogP contribution in [0.4, 0.5) is 8.78 Å². The van der Waals surface area contributed by atoms with Gasteiger partial charge in [-0.3, -0.25) is 0 Å². The third-order valence-electron chi connectivity index (χ3n) is 11.9. The summed E-state index contributed by atoms with van der Waals surface area (Å²) in [6.45, 7) is 0. The molecule has 3 aromatic heterocycles. The molecule has 0 unspecified atom stereocenters. The molecule has 10 aromatic rings. The fraction of sp³-hybridized carbons (Fsp3) is 0.0656. The molecule has 0 aliphatic carbocycles. The second-order valence-electron chi connectivity index (χ2n) is 16.4. The Bertz CT molecular complexity index is 3110. The maximum Gasteiger partial charge on any atom is 3.00 e. The Kier molecular flexibility index (Phi) is 13.9. The van der Waals surface area contributed by atoms with Gasteiger partial charge in [-0.2, -0.15) is 0 Å². The molecule has 0 spiro atoms. The van der Waals surface area contributed by atoms with Gasteiger partial charge in [-0.05, 0) is 116 Å².